The molecule has 3 nitrogen and oxygen atoms in total. The molecule has 2 N–H and O–H groups in total. The monoisotopic (exact) mass is 153 g/mol. The normalized spacial score (nSPS) is 13.5. The molecule has 0 aliphatic heterocycles. The molecule has 1 aromatic heterocycles. The molecule has 0 saturated carbocycles. The van der Waals surface area contributed by atoms with Crippen molar-refractivity contribution in [1.29, 1.82) is 0 Å². The summed E-state index contributed by atoms with van der Waals surface area (Å²) in [6, 6.07) is 0.0929. The van der Waals surface area contributed by atoms with Crippen molar-refractivity contribution < 1.29 is 0 Å². The number of hydrogen-bond donors (Lipinski definition) is 1. The summed E-state index contributed by atoms with van der Waals surface area (Å²) in [6.45, 7) is 7.02. The highest BCUT2D eigenvalue weighted by molar-refractivity contribution is 5.19. The van der Waals surface area contributed by atoms with Crippen LogP contribution in [-0.2, 0) is 6.54 Å². The first-order valence-electron chi connectivity index (χ1n) is 3.94. The van der Waals surface area contributed by atoms with Gasteiger partial charge in [-0.3, -0.25) is 4.68 Å². The molecular weight excluding hydrogens is 138 g/mol. The van der Waals surface area contributed by atoms with E-state index >= 15 is 0 Å². The largest absolute Gasteiger partial charge is 0.324 e. The lowest BCUT2D eigenvalue weighted by molar-refractivity contribution is 0.636. The van der Waals surface area contributed by atoms with Crippen LogP contribution in [0.5, 0.6) is 0 Å². The van der Waals surface area contributed by atoms with Crippen LogP contribution in [0.3, 0.4) is 0 Å². The van der Waals surface area contributed by atoms with Gasteiger partial charge in [-0.25, -0.2) is 0 Å². The van der Waals surface area contributed by atoms with E-state index in [-0.39, 0.29) is 6.04 Å². The van der Waals surface area contributed by atoms with E-state index in [0.29, 0.717) is 0 Å². The van der Waals surface area contributed by atoms with Crippen molar-refractivity contribution in [3.63, 3.8) is 0 Å². The van der Waals surface area contributed by atoms with Gasteiger partial charge in [-0.15, -0.1) is 0 Å². The third-order valence-corrected chi connectivity index (χ3v) is 1.93. The first-order valence-corrected chi connectivity index (χ1v) is 3.94. The molecule has 0 aromatic carbocycles. The Kier molecular flexibility index (Phi) is 2.29. The summed E-state index contributed by atoms with van der Waals surface area (Å²) in [6.07, 6.45) is 1.85. The summed E-state index contributed by atoms with van der Waals surface area (Å²) in [7, 11) is 0. The van der Waals surface area contributed by atoms with E-state index < -0.39 is 0 Å². The molecule has 0 amide bonds. The van der Waals surface area contributed by atoms with Gasteiger partial charge < -0.3 is 5.73 Å². The van der Waals surface area contributed by atoms with Gasteiger partial charge in [0.15, 0.2) is 0 Å². The Morgan fingerprint density at radius 3 is 2.64 bits per heavy atom. The smallest absolute Gasteiger partial charge is 0.0540 e. The molecule has 0 radical (unpaired) electrons. The van der Waals surface area contributed by atoms with Gasteiger partial charge in [0.05, 0.1) is 6.20 Å². The Hall–Kier alpha value is -0.830. The molecule has 0 spiro atoms. The second kappa shape index (κ2) is 3.05. The van der Waals surface area contributed by atoms with E-state index in [1.54, 1.807) is 0 Å². The molecule has 1 atom stereocenters. The molecule has 1 aromatic rings. The minimum absolute atomic E-state index is 0.0929. The molecule has 0 unspecified atom stereocenters. The Bertz CT molecular complexity index is 237. The number of hydrogen-bond acceptors (Lipinski definition) is 2. The van der Waals surface area contributed by atoms with Crippen LogP contribution in [0, 0.1) is 6.92 Å². The maximum atomic E-state index is 5.73. The number of rotatable bonds is 2. The topological polar surface area (TPSA) is 43.8 Å². The van der Waals surface area contributed by atoms with Gasteiger partial charge in [0, 0.05) is 23.8 Å². The summed E-state index contributed by atoms with van der Waals surface area (Å²) in [5, 5.41) is 4.19. The van der Waals surface area contributed by atoms with Gasteiger partial charge in [-0.05, 0) is 20.8 Å². The third-order valence-electron chi connectivity index (χ3n) is 1.93. The van der Waals surface area contributed by atoms with E-state index in [0.717, 1.165) is 12.1 Å². The van der Waals surface area contributed by atoms with Crippen molar-refractivity contribution in [2.45, 2.75) is 33.4 Å². The van der Waals surface area contributed by atoms with Crippen molar-refractivity contribution >= 4 is 0 Å². The van der Waals surface area contributed by atoms with Crippen LogP contribution in [0.25, 0.3) is 0 Å². The second-order valence-corrected chi connectivity index (χ2v) is 2.79. The van der Waals surface area contributed by atoms with Crippen LogP contribution in [-0.4, -0.2) is 9.78 Å². The predicted molar refractivity (Wildman–Crippen MR) is 45.2 cm³/mol. The number of aromatic nitrogens is 2. The van der Waals surface area contributed by atoms with Gasteiger partial charge in [0.25, 0.3) is 0 Å². The highest BCUT2D eigenvalue weighted by atomic mass is 15.3. The average Bonchev–Trinajstić information content (AvgIpc) is 2.30. The quantitative estimate of drug-likeness (QED) is 0.694. The van der Waals surface area contributed by atoms with Gasteiger partial charge in [-0.2, -0.15) is 5.10 Å². The summed E-state index contributed by atoms with van der Waals surface area (Å²) in [5.74, 6) is 0. The highest BCUT2D eigenvalue weighted by Gasteiger charge is 2.07. The van der Waals surface area contributed by atoms with Crippen LogP contribution >= 0.6 is 0 Å². The minimum Gasteiger partial charge on any atom is -0.324 e. The van der Waals surface area contributed by atoms with Crippen molar-refractivity contribution in [2.75, 3.05) is 0 Å². The molecule has 1 heterocycles. The van der Waals surface area contributed by atoms with Crippen molar-refractivity contribution in [3.8, 4) is 0 Å². The summed E-state index contributed by atoms with van der Waals surface area (Å²) in [4.78, 5) is 0. The molecule has 0 aliphatic carbocycles. The van der Waals surface area contributed by atoms with E-state index in [1.165, 1.54) is 5.69 Å². The molecule has 11 heavy (non-hydrogen) atoms. The zero-order chi connectivity index (χ0) is 8.43. The lowest BCUT2D eigenvalue weighted by Gasteiger charge is -2.04. The Morgan fingerprint density at radius 1 is 1.73 bits per heavy atom. The minimum atomic E-state index is 0.0929. The highest BCUT2D eigenvalue weighted by Crippen LogP contribution is 2.13. The van der Waals surface area contributed by atoms with Crippen molar-refractivity contribution in [1.82, 2.24) is 9.78 Å². The molecule has 0 saturated heterocycles. The van der Waals surface area contributed by atoms with Crippen molar-refractivity contribution in [3.05, 3.63) is 17.5 Å². The van der Waals surface area contributed by atoms with E-state index in [9.17, 15) is 0 Å². The van der Waals surface area contributed by atoms with Gasteiger partial charge >= 0.3 is 0 Å². The first-order chi connectivity index (χ1) is 5.16. The zero-order valence-corrected chi connectivity index (χ0v) is 7.33. The Labute approximate surface area is 67.2 Å². The number of aryl methyl sites for hydroxylation is 1. The van der Waals surface area contributed by atoms with E-state index in [4.69, 9.17) is 5.73 Å². The first kappa shape index (κ1) is 8.27. The fourth-order valence-corrected chi connectivity index (χ4v) is 1.23. The summed E-state index contributed by atoms with van der Waals surface area (Å²) < 4.78 is 1.96. The van der Waals surface area contributed by atoms with Gasteiger partial charge in [0.1, 0.15) is 0 Å². The van der Waals surface area contributed by atoms with Crippen LogP contribution < -0.4 is 5.73 Å². The Morgan fingerprint density at radius 2 is 2.36 bits per heavy atom. The van der Waals surface area contributed by atoms with Gasteiger partial charge in [-0.1, -0.05) is 0 Å². The number of nitrogens with two attached hydrogens (primary N) is 1. The maximum Gasteiger partial charge on any atom is 0.0540 e. The molecule has 62 valence electrons. The van der Waals surface area contributed by atoms with Crippen molar-refractivity contribution in [2.24, 2.45) is 5.73 Å². The van der Waals surface area contributed by atoms with Crippen LogP contribution in [0.15, 0.2) is 6.20 Å². The molecule has 0 aliphatic rings. The second-order valence-electron chi connectivity index (χ2n) is 2.79. The lowest BCUT2D eigenvalue weighted by atomic mass is 10.1. The van der Waals surface area contributed by atoms with Gasteiger partial charge in [0.2, 0.25) is 0 Å². The van der Waals surface area contributed by atoms with Crippen LogP contribution in [0.4, 0.5) is 0 Å². The van der Waals surface area contributed by atoms with E-state index in [1.807, 2.05) is 17.8 Å². The summed E-state index contributed by atoms with van der Waals surface area (Å²) >= 11 is 0. The lowest BCUT2D eigenvalue weighted by Crippen LogP contribution is -2.07. The van der Waals surface area contributed by atoms with E-state index in [2.05, 4.69) is 18.9 Å². The summed E-state index contributed by atoms with van der Waals surface area (Å²) in [5.41, 5.74) is 8.06. The molecular formula is C8H15N3. The SMILES string of the molecule is CCn1ncc([C@@H](C)N)c1C. The molecule has 0 bridgehead atoms. The third kappa shape index (κ3) is 1.43. The average molecular weight is 153 g/mol. The molecule has 3 heteroatoms. The molecule has 0 fully saturated rings. The molecule has 1 rings (SSSR count). The predicted octanol–water partition coefficient (Wildman–Crippen LogP) is 1.23. The van der Waals surface area contributed by atoms with Crippen LogP contribution in [0.1, 0.15) is 31.1 Å². The number of nitrogens with zero attached hydrogens (tertiary/aromatic N) is 2. The zero-order valence-electron chi connectivity index (χ0n) is 7.33. The maximum absolute atomic E-state index is 5.73. The Balaban J connectivity index is 3.00. The fraction of sp³-hybridized carbons (Fsp3) is 0.625. The fourth-order valence-electron chi connectivity index (χ4n) is 1.23. The standard InChI is InChI=1S/C8H15N3/c1-4-11-7(3)8(5-10-11)6(2)9/h5-6H,4,9H2,1-3H3/t6-/m1/s1. The van der Waals surface area contributed by atoms with Crippen LogP contribution in [0.2, 0.25) is 0 Å².